The van der Waals surface area contributed by atoms with Crippen molar-refractivity contribution in [3.8, 4) is 6.07 Å². The number of methoxy groups -OCH3 is 1. The third-order valence-corrected chi connectivity index (χ3v) is 7.69. The standard InChI is InChI=1S/C27H31FN8O4/c1-34-5-3-24(38)35(7-6-34)15-17-9-20-25(32-22(17)16-37)36(19-11-27(20,28)12-19)26(39)33-23-10-21(30-4-8-40-2)18(13-29)14-31-23/h9-10,14,16,19H,3-8,11-12,15H2,1-2H3,(H2,30,31,33,39). The zero-order valence-corrected chi connectivity index (χ0v) is 22.4. The van der Waals surface area contributed by atoms with Crippen LogP contribution in [0.1, 0.15) is 46.4 Å². The van der Waals surface area contributed by atoms with Crippen molar-refractivity contribution < 1.29 is 23.5 Å². The molecule has 0 radical (unpaired) electrons. The topological polar surface area (TPSA) is 144 Å². The minimum Gasteiger partial charge on any atom is -0.383 e. The van der Waals surface area contributed by atoms with Crippen molar-refractivity contribution in [2.45, 2.75) is 37.5 Å². The molecule has 210 valence electrons. The number of aromatic nitrogens is 2. The zero-order chi connectivity index (χ0) is 28.4. The highest BCUT2D eigenvalue weighted by Gasteiger charge is 2.57. The van der Waals surface area contributed by atoms with Gasteiger partial charge >= 0.3 is 6.03 Å². The Labute approximate surface area is 231 Å². The Bertz CT molecular complexity index is 1370. The second-order valence-electron chi connectivity index (χ2n) is 10.4. The van der Waals surface area contributed by atoms with Crippen molar-refractivity contribution >= 4 is 35.5 Å². The van der Waals surface area contributed by atoms with Crippen LogP contribution >= 0.6 is 0 Å². The number of alkyl halides is 1. The Morgan fingerprint density at radius 2 is 2.12 bits per heavy atom. The molecule has 2 aromatic heterocycles. The lowest BCUT2D eigenvalue weighted by Crippen LogP contribution is -2.60. The maximum atomic E-state index is 15.8. The van der Waals surface area contributed by atoms with Crippen LogP contribution in [0.15, 0.2) is 18.3 Å². The first-order valence-electron chi connectivity index (χ1n) is 13.1. The Morgan fingerprint density at radius 3 is 2.85 bits per heavy atom. The number of anilines is 3. The van der Waals surface area contributed by atoms with Crippen LogP contribution in [0.25, 0.3) is 0 Å². The monoisotopic (exact) mass is 550 g/mol. The maximum absolute atomic E-state index is 15.8. The van der Waals surface area contributed by atoms with E-state index in [0.717, 1.165) is 0 Å². The molecule has 40 heavy (non-hydrogen) atoms. The van der Waals surface area contributed by atoms with E-state index >= 15 is 4.39 Å². The van der Waals surface area contributed by atoms with Gasteiger partial charge in [0.05, 0.1) is 17.9 Å². The Hall–Kier alpha value is -4.15. The van der Waals surface area contributed by atoms with Crippen LogP contribution in [0.5, 0.6) is 0 Å². The number of carbonyl (C=O) groups is 3. The second kappa shape index (κ2) is 11.1. The molecule has 1 saturated heterocycles. The lowest BCUT2D eigenvalue weighted by molar-refractivity contribution is -0.130. The molecular weight excluding hydrogens is 519 g/mol. The molecule has 6 rings (SSSR count). The van der Waals surface area contributed by atoms with E-state index in [1.54, 1.807) is 24.1 Å². The van der Waals surface area contributed by atoms with Gasteiger partial charge in [0.25, 0.3) is 0 Å². The number of aldehydes is 1. The molecule has 2 fully saturated rings. The molecule has 13 heteroatoms. The molecule has 5 heterocycles. The summed E-state index contributed by atoms with van der Waals surface area (Å²) in [5.74, 6) is 0.241. The second-order valence-corrected chi connectivity index (χ2v) is 10.4. The Balaban J connectivity index is 1.41. The van der Waals surface area contributed by atoms with E-state index in [2.05, 4.69) is 31.6 Å². The molecule has 3 amide bonds. The number of urea groups is 1. The van der Waals surface area contributed by atoms with E-state index in [1.807, 2.05) is 7.05 Å². The van der Waals surface area contributed by atoms with Crippen molar-refractivity contribution in [1.82, 2.24) is 19.8 Å². The Kier molecular flexibility index (Phi) is 7.64. The van der Waals surface area contributed by atoms with Crippen molar-refractivity contribution in [3.05, 3.63) is 40.7 Å². The molecule has 2 bridgehead atoms. The summed E-state index contributed by atoms with van der Waals surface area (Å²) < 4.78 is 20.9. The van der Waals surface area contributed by atoms with Crippen LogP contribution < -0.4 is 15.5 Å². The molecule has 4 aliphatic rings. The quantitative estimate of drug-likeness (QED) is 0.374. The first-order valence-corrected chi connectivity index (χ1v) is 13.1. The summed E-state index contributed by atoms with van der Waals surface area (Å²) >= 11 is 0. The van der Waals surface area contributed by atoms with Crippen molar-refractivity contribution in [1.29, 1.82) is 5.26 Å². The van der Waals surface area contributed by atoms with Gasteiger partial charge in [-0.05, 0) is 13.1 Å². The fraction of sp³-hybridized carbons (Fsp3) is 0.481. The van der Waals surface area contributed by atoms with E-state index in [-0.39, 0.29) is 48.2 Å². The number of ether oxygens (including phenoxy) is 1. The highest BCUT2D eigenvalue weighted by molar-refractivity contribution is 6.03. The van der Waals surface area contributed by atoms with Crippen molar-refractivity contribution in [2.75, 3.05) is 62.5 Å². The molecule has 12 nitrogen and oxygen atoms in total. The van der Waals surface area contributed by atoms with E-state index in [9.17, 15) is 19.6 Å². The van der Waals surface area contributed by atoms with Gasteiger partial charge < -0.3 is 19.9 Å². The van der Waals surface area contributed by atoms with Gasteiger partial charge in [-0.2, -0.15) is 5.26 Å². The molecular formula is C27H31FN8O4. The third kappa shape index (κ3) is 5.20. The van der Waals surface area contributed by atoms with E-state index in [4.69, 9.17) is 4.74 Å². The molecule has 0 unspecified atom stereocenters. The first-order chi connectivity index (χ1) is 19.3. The maximum Gasteiger partial charge on any atom is 0.328 e. The first kappa shape index (κ1) is 27.4. The van der Waals surface area contributed by atoms with Gasteiger partial charge in [0.15, 0.2) is 6.29 Å². The lowest BCUT2D eigenvalue weighted by Gasteiger charge is -2.52. The average molecular weight is 551 g/mol. The van der Waals surface area contributed by atoms with Crippen LogP contribution in [0.3, 0.4) is 0 Å². The summed E-state index contributed by atoms with van der Waals surface area (Å²) in [5, 5.41) is 15.2. The van der Waals surface area contributed by atoms with Crippen molar-refractivity contribution in [2.24, 2.45) is 0 Å². The van der Waals surface area contributed by atoms with Crippen LogP contribution in [-0.2, 0) is 21.7 Å². The van der Waals surface area contributed by atoms with Crippen LogP contribution in [0.4, 0.5) is 26.5 Å². The molecule has 2 aromatic rings. The van der Waals surface area contributed by atoms with Gasteiger partial charge in [0.2, 0.25) is 5.91 Å². The minimum atomic E-state index is -1.66. The number of halogens is 1. The number of likely N-dealkylation sites (N-methyl/N-ethyl adjacent to an activating group) is 1. The van der Waals surface area contributed by atoms with Gasteiger partial charge in [0, 0.05) is 88.5 Å². The van der Waals surface area contributed by atoms with Crippen LogP contribution in [-0.4, -0.2) is 91.0 Å². The number of pyridine rings is 2. The summed E-state index contributed by atoms with van der Waals surface area (Å²) in [4.78, 5) is 51.9. The highest BCUT2D eigenvalue weighted by atomic mass is 19.1. The number of carbonyl (C=O) groups excluding carboxylic acids is 3. The third-order valence-electron chi connectivity index (χ3n) is 7.69. The molecule has 0 atom stereocenters. The fourth-order valence-corrected chi connectivity index (χ4v) is 5.39. The molecule has 2 N–H and O–H groups in total. The number of hydrogen-bond acceptors (Lipinski definition) is 9. The van der Waals surface area contributed by atoms with Crippen molar-refractivity contribution in [3.63, 3.8) is 0 Å². The van der Waals surface area contributed by atoms with Gasteiger partial charge in [-0.1, -0.05) is 0 Å². The van der Waals surface area contributed by atoms with Gasteiger partial charge in [0.1, 0.15) is 29.1 Å². The SMILES string of the molecule is COCCNc1cc(NC(=O)N2c3nc(C=O)c(CN4CCN(C)CCC4=O)cc3C3(F)CC2C3)ncc1C#N. The number of rotatable bonds is 8. The van der Waals surface area contributed by atoms with Gasteiger partial charge in [-0.3, -0.25) is 19.8 Å². The molecule has 1 aliphatic carbocycles. The Morgan fingerprint density at radius 1 is 1.32 bits per heavy atom. The predicted molar refractivity (Wildman–Crippen MR) is 144 cm³/mol. The normalized spacial score (nSPS) is 22.1. The number of nitrogens with zero attached hydrogens (tertiary/aromatic N) is 6. The van der Waals surface area contributed by atoms with Crippen LogP contribution in [0, 0.1) is 11.3 Å². The van der Waals surface area contributed by atoms with Gasteiger partial charge in [-0.15, -0.1) is 0 Å². The van der Waals surface area contributed by atoms with Gasteiger partial charge in [-0.25, -0.2) is 19.2 Å². The zero-order valence-electron chi connectivity index (χ0n) is 22.4. The molecule has 3 aliphatic heterocycles. The average Bonchev–Trinajstić information content (AvgIpc) is 3.08. The number of nitrogens with one attached hydrogen (secondary N) is 2. The van der Waals surface area contributed by atoms with E-state index in [1.165, 1.54) is 11.1 Å². The summed E-state index contributed by atoms with van der Waals surface area (Å²) in [6.45, 7) is 2.83. The summed E-state index contributed by atoms with van der Waals surface area (Å²) in [5.41, 5.74) is -0.120. The lowest BCUT2D eigenvalue weighted by atomic mass is 9.68. The number of amides is 3. The number of nitriles is 1. The smallest absolute Gasteiger partial charge is 0.328 e. The number of hydrogen-bond donors (Lipinski definition) is 2. The molecule has 0 spiro atoms. The van der Waals surface area contributed by atoms with E-state index in [0.29, 0.717) is 62.3 Å². The van der Waals surface area contributed by atoms with Crippen LogP contribution in [0.2, 0.25) is 0 Å². The summed E-state index contributed by atoms with van der Waals surface area (Å²) in [6, 6.07) is 4.17. The minimum absolute atomic E-state index is 0.0374. The molecule has 1 saturated carbocycles. The van der Waals surface area contributed by atoms with E-state index < -0.39 is 17.7 Å². The predicted octanol–water partition coefficient (Wildman–Crippen LogP) is 2.26. The highest BCUT2D eigenvalue weighted by Crippen LogP contribution is 2.55. The summed E-state index contributed by atoms with van der Waals surface area (Å²) in [7, 11) is 3.51. The largest absolute Gasteiger partial charge is 0.383 e. The molecule has 0 aromatic carbocycles. The fourth-order valence-electron chi connectivity index (χ4n) is 5.39. The summed E-state index contributed by atoms with van der Waals surface area (Å²) in [6.07, 6.45) is 2.49.